The summed E-state index contributed by atoms with van der Waals surface area (Å²) < 4.78 is 128. The van der Waals surface area contributed by atoms with Crippen LogP contribution in [0.15, 0.2) is 41.4 Å². The SMILES string of the molecule is CCS(=O)(=O)c1cc(-c2ccc(C(F)(F)F)cc2)cnc1C(=O)Nc1nnc(C(F)(F)C(F)(F)F)s1. The van der Waals surface area contributed by atoms with E-state index >= 15 is 0 Å². The number of carbonyl (C=O) groups excluding carboxylic acids is 1. The number of halogens is 8. The Morgan fingerprint density at radius 1 is 0.972 bits per heavy atom. The largest absolute Gasteiger partial charge is 0.460 e. The molecule has 0 bridgehead atoms. The molecule has 0 saturated carbocycles. The fourth-order valence-electron chi connectivity index (χ4n) is 2.70. The van der Waals surface area contributed by atoms with E-state index in [0.29, 0.717) is 0 Å². The summed E-state index contributed by atoms with van der Waals surface area (Å²) in [6.07, 6.45) is -9.59. The highest BCUT2D eigenvalue weighted by Crippen LogP contribution is 2.45. The second-order valence-corrected chi connectivity index (χ2v) is 10.2. The van der Waals surface area contributed by atoms with Crippen LogP contribution in [0.25, 0.3) is 11.1 Å². The second kappa shape index (κ2) is 9.34. The zero-order chi connectivity index (χ0) is 27.1. The van der Waals surface area contributed by atoms with Crippen LogP contribution >= 0.6 is 11.3 Å². The van der Waals surface area contributed by atoms with E-state index in [1.165, 1.54) is 6.92 Å². The molecule has 36 heavy (non-hydrogen) atoms. The van der Waals surface area contributed by atoms with Crippen molar-refractivity contribution in [2.75, 3.05) is 11.1 Å². The monoisotopic (exact) mass is 560 g/mol. The van der Waals surface area contributed by atoms with Crippen molar-refractivity contribution in [3.63, 3.8) is 0 Å². The Kier molecular flexibility index (Phi) is 7.11. The number of hydrogen-bond acceptors (Lipinski definition) is 7. The highest BCUT2D eigenvalue weighted by Gasteiger charge is 2.61. The van der Waals surface area contributed by atoms with E-state index < -0.39 is 66.1 Å². The van der Waals surface area contributed by atoms with Gasteiger partial charge in [-0.2, -0.15) is 35.1 Å². The van der Waals surface area contributed by atoms with Crippen molar-refractivity contribution in [1.29, 1.82) is 0 Å². The van der Waals surface area contributed by atoms with Gasteiger partial charge >= 0.3 is 18.3 Å². The Morgan fingerprint density at radius 2 is 1.58 bits per heavy atom. The maximum absolute atomic E-state index is 13.4. The molecule has 0 aliphatic carbocycles. The van der Waals surface area contributed by atoms with E-state index in [-0.39, 0.29) is 22.5 Å². The van der Waals surface area contributed by atoms with Gasteiger partial charge in [-0.3, -0.25) is 10.1 Å². The minimum absolute atomic E-state index is 0.0373. The van der Waals surface area contributed by atoms with Gasteiger partial charge < -0.3 is 0 Å². The summed E-state index contributed by atoms with van der Waals surface area (Å²) in [6, 6.07) is 4.62. The Morgan fingerprint density at radius 3 is 2.11 bits per heavy atom. The molecule has 194 valence electrons. The van der Waals surface area contributed by atoms with Crippen LogP contribution in [0.3, 0.4) is 0 Å². The number of aromatic nitrogens is 3. The Balaban J connectivity index is 1.97. The summed E-state index contributed by atoms with van der Waals surface area (Å²) in [6.45, 7) is 1.23. The van der Waals surface area contributed by atoms with Crippen molar-refractivity contribution in [2.24, 2.45) is 0 Å². The van der Waals surface area contributed by atoms with Crippen molar-refractivity contribution in [2.45, 2.75) is 30.1 Å². The van der Waals surface area contributed by atoms with Crippen LogP contribution in [0.2, 0.25) is 0 Å². The Bertz CT molecular complexity index is 1380. The van der Waals surface area contributed by atoms with Crippen molar-refractivity contribution < 1.29 is 48.3 Å². The van der Waals surface area contributed by atoms with E-state index in [9.17, 15) is 48.3 Å². The van der Waals surface area contributed by atoms with Gasteiger partial charge in [0.1, 0.15) is 5.69 Å². The number of anilines is 1. The van der Waals surface area contributed by atoms with Gasteiger partial charge in [0.05, 0.1) is 16.2 Å². The van der Waals surface area contributed by atoms with E-state index in [4.69, 9.17) is 0 Å². The number of alkyl halides is 8. The van der Waals surface area contributed by atoms with Crippen LogP contribution in [0, 0.1) is 0 Å². The Hall–Kier alpha value is -3.21. The molecular weight excluding hydrogens is 548 g/mol. The average Bonchev–Trinajstić information content (AvgIpc) is 3.26. The average molecular weight is 560 g/mol. The molecule has 0 radical (unpaired) electrons. The molecule has 0 saturated heterocycles. The molecule has 0 atom stereocenters. The summed E-state index contributed by atoms with van der Waals surface area (Å²) in [7, 11) is -4.17. The number of nitrogens with one attached hydrogen (secondary N) is 1. The van der Waals surface area contributed by atoms with Crippen LogP contribution < -0.4 is 5.32 Å². The number of carbonyl (C=O) groups is 1. The normalized spacial score (nSPS) is 13.0. The van der Waals surface area contributed by atoms with Gasteiger partial charge in [0.2, 0.25) is 5.13 Å². The first-order chi connectivity index (χ1) is 16.5. The fraction of sp³-hybridized carbons (Fsp3) is 0.263. The standard InChI is InChI=1S/C19H12F8N4O3S2/c1-2-36(33,34)12-7-10(9-3-5-11(6-4-9)18(22,23)24)8-28-13(12)14(32)29-16-31-30-15(35-16)17(20,21)19(25,26)27/h3-8H,2H2,1H3,(H,29,31,32). The zero-order valence-electron chi connectivity index (χ0n) is 17.6. The molecule has 3 aromatic rings. The first-order valence-corrected chi connectivity index (χ1v) is 11.9. The molecule has 1 aromatic carbocycles. The van der Waals surface area contributed by atoms with Gasteiger partial charge in [0, 0.05) is 11.8 Å². The van der Waals surface area contributed by atoms with E-state index in [1.54, 1.807) is 0 Å². The molecule has 2 heterocycles. The summed E-state index contributed by atoms with van der Waals surface area (Å²) >= 11 is -0.281. The number of nitrogens with zero attached hydrogens (tertiary/aromatic N) is 3. The first kappa shape index (κ1) is 27.4. The summed E-state index contributed by atoms with van der Waals surface area (Å²) in [5.74, 6) is -7.17. The van der Waals surface area contributed by atoms with Gasteiger partial charge in [-0.25, -0.2) is 13.4 Å². The van der Waals surface area contributed by atoms with Gasteiger partial charge in [-0.15, -0.1) is 10.2 Å². The summed E-state index contributed by atoms with van der Waals surface area (Å²) in [5.41, 5.74) is -1.52. The first-order valence-electron chi connectivity index (χ1n) is 9.47. The number of sulfone groups is 1. The third kappa shape index (κ3) is 5.45. The van der Waals surface area contributed by atoms with Gasteiger partial charge in [0.25, 0.3) is 5.91 Å². The predicted octanol–water partition coefficient (Wildman–Crippen LogP) is 5.32. The van der Waals surface area contributed by atoms with Crippen molar-refractivity contribution in [3.05, 3.63) is 52.8 Å². The summed E-state index contributed by atoms with van der Waals surface area (Å²) in [4.78, 5) is 15.7. The van der Waals surface area contributed by atoms with Gasteiger partial charge in [0.15, 0.2) is 14.8 Å². The lowest BCUT2D eigenvalue weighted by atomic mass is 10.1. The molecule has 2 aromatic heterocycles. The number of pyridine rings is 1. The van der Waals surface area contributed by atoms with Crippen LogP contribution in [0.1, 0.15) is 28.0 Å². The van der Waals surface area contributed by atoms with Crippen LogP contribution in [-0.4, -0.2) is 41.4 Å². The maximum Gasteiger partial charge on any atom is 0.460 e. The molecule has 0 unspecified atom stereocenters. The third-order valence-electron chi connectivity index (χ3n) is 4.60. The van der Waals surface area contributed by atoms with Gasteiger partial charge in [-0.1, -0.05) is 30.4 Å². The lowest BCUT2D eigenvalue weighted by molar-refractivity contribution is -0.289. The molecule has 7 nitrogen and oxygen atoms in total. The molecule has 0 fully saturated rings. The predicted molar refractivity (Wildman–Crippen MR) is 110 cm³/mol. The number of benzene rings is 1. The smallest absolute Gasteiger partial charge is 0.295 e. The fourth-order valence-corrected chi connectivity index (χ4v) is 4.49. The van der Waals surface area contributed by atoms with Crippen molar-refractivity contribution in [1.82, 2.24) is 15.2 Å². The van der Waals surface area contributed by atoms with Gasteiger partial charge in [-0.05, 0) is 23.8 Å². The van der Waals surface area contributed by atoms with Crippen LogP contribution in [0.4, 0.5) is 40.3 Å². The van der Waals surface area contributed by atoms with Crippen LogP contribution in [-0.2, 0) is 21.9 Å². The molecule has 1 amide bonds. The second-order valence-electron chi connectivity index (χ2n) is 6.99. The minimum Gasteiger partial charge on any atom is -0.295 e. The topological polar surface area (TPSA) is 102 Å². The summed E-state index contributed by atoms with van der Waals surface area (Å²) in [5, 5.41) is 5.12. The van der Waals surface area contributed by atoms with E-state index in [1.807, 2.05) is 5.32 Å². The highest BCUT2D eigenvalue weighted by molar-refractivity contribution is 7.91. The number of rotatable bonds is 6. The van der Waals surface area contributed by atoms with Crippen molar-refractivity contribution >= 4 is 32.2 Å². The molecule has 1 N–H and O–H groups in total. The highest BCUT2D eigenvalue weighted by atomic mass is 32.2. The number of hydrogen-bond donors (Lipinski definition) is 1. The molecule has 0 spiro atoms. The molecular formula is C19H12F8N4O3S2. The van der Waals surface area contributed by atoms with Crippen molar-refractivity contribution in [3.8, 4) is 11.1 Å². The lowest BCUT2D eigenvalue weighted by Crippen LogP contribution is -2.33. The molecule has 0 aliphatic heterocycles. The number of amides is 1. The van der Waals surface area contributed by atoms with E-state index in [0.717, 1.165) is 36.5 Å². The quantitative estimate of drug-likeness (QED) is 0.410. The molecule has 3 rings (SSSR count). The lowest BCUT2D eigenvalue weighted by Gasteiger charge is -2.15. The van der Waals surface area contributed by atoms with E-state index in [2.05, 4.69) is 15.2 Å². The van der Waals surface area contributed by atoms with Crippen LogP contribution in [0.5, 0.6) is 0 Å². The third-order valence-corrected chi connectivity index (χ3v) is 7.25. The maximum atomic E-state index is 13.4. The molecule has 17 heteroatoms. The molecule has 0 aliphatic rings. The minimum atomic E-state index is -5.97. The Labute approximate surface area is 201 Å². The zero-order valence-corrected chi connectivity index (χ0v) is 19.2.